The van der Waals surface area contributed by atoms with Crippen LogP contribution in [0.15, 0.2) is 0 Å². The molecular formula is C16H42B6. The Morgan fingerprint density at radius 1 is 0.455 bits per heavy atom. The maximum Gasteiger partial charge on any atom is 0 e. The molecule has 0 saturated heterocycles. The highest BCUT2D eigenvalue weighted by molar-refractivity contribution is 7.17. The quantitative estimate of drug-likeness (QED) is 0.540. The Morgan fingerprint density at radius 2 is 0.500 bits per heavy atom. The Hall–Kier alpha value is 0.390. The van der Waals surface area contributed by atoms with Crippen molar-refractivity contribution in [2.75, 3.05) is 0 Å². The molecule has 4 rings (SSSR count). The molecule has 4 aliphatic carbocycles. The first-order valence-corrected chi connectivity index (χ1v) is 7.00. The van der Waals surface area contributed by atoms with Crippen molar-refractivity contribution in [3.63, 3.8) is 0 Å². The van der Waals surface area contributed by atoms with E-state index in [4.69, 9.17) is 0 Å². The van der Waals surface area contributed by atoms with Crippen LogP contribution in [0.4, 0.5) is 0 Å². The second-order valence-electron chi connectivity index (χ2n) is 4.44. The lowest BCUT2D eigenvalue weighted by atomic mass is 9.40. The van der Waals surface area contributed by atoms with Crippen molar-refractivity contribution < 1.29 is 1.43 Å². The zero-order chi connectivity index (χ0) is 13.2. The van der Waals surface area contributed by atoms with Crippen LogP contribution < -0.4 is 0 Å². The van der Waals surface area contributed by atoms with E-state index in [1.54, 1.807) is 0 Å². The minimum absolute atomic E-state index is 0. The van der Waals surface area contributed by atoms with Gasteiger partial charge in [0.15, 0.2) is 0 Å². The lowest BCUT2D eigenvalue weighted by Crippen LogP contribution is -1.79. The molecule has 4 saturated carbocycles. The predicted octanol–water partition coefficient (Wildman–Crippen LogP) is 5.19. The van der Waals surface area contributed by atoms with Gasteiger partial charge in [-0.15, -0.1) is 0 Å². The van der Waals surface area contributed by atoms with E-state index in [0.29, 0.717) is 0 Å². The lowest BCUT2D eigenvalue weighted by molar-refractivity contribution is 1.50. The lowest BCUT2D eigenvalue weighted by Gasteiger charge is -1.41. The molecule has 0 aromatic carbocycles. The molecule has 0 atom stereocenters. The van der Waals surface area contributed by atoms with E-state index >= 15 is 0 Å². The van der Waals surface area contributed by atoms with E-state index in [-0.39, 0.29) is 39.5 Å². The van der Waals surface area contributed by atoms with Gasteiger partial charge in [-0.2, -0.15) is 0 Å². The minimum atomic E-state index is 0. The standard InChI is InChI=1S/4C3H6.4CH4.B3.B2.B.H2/c4*1-2-3-1;;;;;1-3-2;1-2;;/h4*1-3H2;4*1H4;;;;1H/i;;;;;;;;;;;1+2. The summed E-state index contributed by atoms with van der Waals surface area (Å²) in [7, 11) is 18.0. The summed E-state index contributed by atoms with van der Waals surface area (Å²) < 4.78 is 0. The van der Waals surface area contributed by atoms with Crippen LogP contribution in [0.1, 0.15) is 108 Å². The summed E-state index contributed by atoms with van der Waals surface area (Å²) in [6.45, 7) is 0. The molecular weight excluding hydrogens is 257 g/mol. The second kappa shape index (κ2) is 49.6. The molecule has 0 nitrogen and oxygen atoms in total. The van der Waals surface area contributed by atoms with Crippen LogP contribution in [0.3, 0.4) is 0 Å². The van der Waals surface area contributed by atoms with Gasteiger partial charge < -0.3 is 0 Å². The molecule has 0 aliphatic heterocycles. The summed E-state index contributed by atoms with van der Waals surface area (Å²) in [6.07, 6.45) is 18.0. The Labute approximate surface area is 155 Å². The van der Waals surface area contributed by atoms with Crippen LogP contribution in [0.5, 0.6) is 0 Å². The van der Waals surface area contributed by atoms with Crippen molar-refractivity contribution in [3.05, 3.63) is 0 Å². The first-order valence-electron chi connectivity index (χ1n) is 7.00. The van der Waals surface area contributed by atoms with Crippen molar-refractivity contribution in [3.8, 4) is 0 Å². The average molecular weight is 301 g/mol. The fourth-order valence-corrected chi connectivity index (χ4v) is 0. The van der Waals surface area contributed by atoms with Gasteiger partial charge >= 0.3 is 0 Å². The van der Waals surface area contributed by atoms with Crippen molar-refractivity contribution in [2.45, 2.75) is 107 Å². The summed E-state index contributed by atoms with van der Waals surface area (Å²) >= 11 is 0. The zero-order valence-electron chi connectivity index (χ0n) is 11.9. The molecule has 22 heavy (non-hydrogen) atoms. The molecule has 0 N–H and O–H groups in total. The molecule has 4 aliphatic rings. The van der Waals surface area contributed by atoms with Crippen LogP contribution in [-0.4, -0.2) is 46.4 Å². The Kier molecular flexibility index (Phi) is 97.5. The van der Waals surface area contributed by atoms with Gasteiger partial charge in [-0.1, -0.05) is 107 Å². The molecule has 0 amide bonds. The van der Waals surface area contributed by atoms with Gasteiger partial charge in [-0.05, 0) is 0 Å². The van der Waals surface area contributed by atoms with Gasteiger partial charge in [-0.25, -0.2) is 0 Å². The molecule has 0 heterocycles. The average Bonchev–Trinajstić information content (AvgIpc) is 3.25. The van der Waals surface area contributed by atoms with E-state index in [9.17, 15) is 0 Å². The van der Waals surface area contributed by atoms with Crippen LogP contribution in [0, 0.1) is 0 Å². The molecule has 6 heteroatoms. The Morgan fingerprint density at radius 3 is 0.500 bits per heavy atom. The van der Waals surface area contributed by atoms with Crippen molar-refractivity contribution in [2.24, 2.45) is 0 Å². The highest BCUT2D eigenvalue weighted by atomic mass is 14.0. The second-order valence-corrected chi connectivity index (χ2v) is 4.44. The van der Waals surface area contributed by atoms with Gasteiger partial charge in [-0.3, -0.25) is 0 Å². The van der Waals surface area contributed by atoms with Crippen LogP contribution in [-0.2, 0) is 0 Å². The van der Waals surface area contributed by atoms with Crippen LogP contribution in [0.25, 0.3) is 0 Å². The van der Waals surface area contributed by atoms with Crippen molar-refractivity contribution >= 4 is 46.4 Å². The van der Waals surface area contributed by atoms with E-state index in [1.165, 1.54) is 77.0 Å². The summed E-state index contributed by atoms with van der Waals surface area (Å²) in [5, 5.41) is 0. The third-order valence-electron chi connectivity index (χ3n) is 1.41. The molecule has 0 spiro atoms. The Balaban J connectivity index is -0.0000000187. The number of rotatable bonds is 0. The van der Waals surface area contributed by atoms with Gasteiger partial charge in [0.2, 0.25) is 0 Å². The fraction of sp³-hybridized carbons (Fsp3) is 1.00. The van der Waals surface area contributed by atoms with E-state index in [2.05, 4.69) is 30.9 Å². The first-order chi connectivity index (χ1) is 8.41. The smallest absolute Gasteiger partial charge is 0 e. The number of hydrogen-bond donors (Lipinski definition) is 0. The van der Waals surface area contributed by atoms with Gasteiger partial charge in [0.05, 0.1) is 0 Å². The SMILES string of the molecule is C.C.C.C.C1CC1.C1CC1.C1CC1.C1CC1.[3HH].[B].[B][B].[B][B][B]. The molecule has 0 unspecified atom stereocenters. The summed E-state index contributed by atoms with van der Waals surface area (Å²) in [4.78, 5) is 0. The largest absolute Gasteiger partial charge is 0.0776 e. The normalized spacial score (nSPS) is 13.8. The third kappa shape index (κ3) is 398. The first kappa shape index (κ1) is 43.3. The summed E-state index contributed by atoms with van der Waals surface area (Å²) in [5.41, 5.74) is 0. The van der Waals surface area contributed by atoms with Gasteiger partial charge in [0.1, 0.15) is 0 Å². The van der Waals surface area contributed by atoms with Gasteiger partial charge in [0, 0.05) is 47.8 Å². The van der Waals surface area contributed by atoms with Crippen LogP contribution in [0.2, 0.25) is 0 Å². The molecule has 12 radical (unpaired) electrons. The third-order valence-corrected chi connectivity index (χ3v) is 1.41. The van der Waals surface area contributed by atoms with Crippen LogP contribution >= 0.6 is 0 Å². The summed E-state index contributed by atoms with van der Waals surface area (Å²) in [5.74, 6) is 0. The minimum Gasteiger partial charge on any atom is -0.0776 e. The topological polar surface area (TPSA) is 0 Å². The Bertz CT molecular complexity index is 77.7. The van der Waals surface area contributed by atoms with E-state index < -0.39 is 0 Å². The molecule has 0 aromatic heterocycles. The van der Waals surface area contributed by atoms with Crippen molar-refractivity contribution in [1.82, 2.24) is 0 Å². The van der Waals surface area contributed by atoms with E-state index in [0.717, 1.165) is 7.06 Å². The van der Waals surface area contributed by atoms with E-state index in [1.807, 2.05) is 0 Å². The molecule has 124 valence electrons. The summed E-state index contributed by atoms with van der Waals surface area (Å²) in [6, 6.07) is 0. The maximum absolute atomic E-state index is 4.50. The number of hydrogen-bond acceptors (Lipinski definition) is 0. The molecule has 0 aromatic rings. The van der Waals surface area contributed by atoms with Gasteiger partial charge in [0.25, 0.3) is 0 Å². The maximum atomic E-state index is 4.50. The molecule has 0 bridgehead atoms. The zero-order valence-corrected chi connectivity index (χ0v) is 11.9. The van der Waals surface area contributed by atoms with Crippen molar-refractivity contribution in [1.29, 1.82) is 0 Å². The highest BCUT2D eigenvalue weighted by Gasteiger charge is 1.96. The predicted molar refractivity (Wildman–Crippen MR) is 119 cm³/mol. The molecule has 4 fully saturated rings. The highest BCUT2D eigenvalue weighted by Crippen LogP contribution is 2.15. The monoisotopic (exact) mass is 302 g/mol. The fourth-order valence-electron chi connectivity index (χ4n) is 0.